The Morgan fingerprint density at radius 2 is 2.00 bits per heavy atom. The van der Waals surface area contributed by atoms with Gasteiger partial charge in [0.25, 0.3) is 5.91 Å². The summed E-state index contributed by atoms with van der Waals surface area (Å²) in [4.78, 5) is 28.0. The molecule has 2 aliphatic heterocycles. The lowest BCUT2D eigenvalue weighted by Gasteiger charge is -2.43. The van der Waals surface area contributed by atoms with Crippen molar-refractivity contribution in [3.8, 4) is 6.07 Å². The lowest BCUT2D eigenvalue weighted by atomic mass is 9.80. The lowest BCUT2D eigenvalue weighted by molar-refractivity contribution is -0.145. The number of carbonyl (C=O) groups excluding carboxylic acids is 2. The smallest absolute Gasteiger partial charge is 0.260 e. The highest BCUT2D eigenvalue weighted by molar-refractivity contribution is 8.77. The van der Waals surface area contributed by atoms with E-state index in [-0.39, 0.29) is 17.9 Å². The van der Waals surface area contributed by atoms with E-state index in [2.05, 4.69) is 6.07 Å². The molecule has 0 bridgehead atoms. The molecule has 3 atom stereocenters. The molecule has 2 heterocycles. The first-order valence-electron chi connectivity index (χ1n) is 8.28. The molecule has 0 N–H and O–H groups in total. The van der Waals surface area contributed by atoms with E-state index in [1.54, 1.807) is 31.0 Å². The van der Waals surface area contributed by atoms with Crippen LogP contribution in [-0.2, 0) is 9.59 Å². The van der Waals surface area contributed by atoms with Crippen LogP contribution in [-0.4, -0.2) is 45.8 Å². The van der Waals surface area contributed by atoms with Crippen molar-refractivity contribution in [2.24, 2.45) is 5.41 Å². The number of benzene rings is 1. The van der Waals surface area contributed by atoms with E-state index in [0.29, 0.717) is 23.7 Å². The van der Waals surface area contributed by atoms with E-state index in [4.69, 9.17) is 11.6 Å². The van der Waals surface area contributed by atoms with Crippen LogP contribution in [0.15, 0.2) is 24.3 Å². The van der Waals surface area contributed by atoms with Crippen molar-refractivity contribution in [2.75, 3.05) is 19.3 Å². The van der Waals surface area contributed by atoms with Crippen LogP contribution in [0.3, 0.4) is 0 Å². The predicted octanol–water partition coefficient (Wildman–Crippen LogP) is 3.71. The van der Waals surface area contributed by atoms with Crippen LogP contribution in [0.4, 0.5) is 0 Å². The van der Waals surface area contributed by atoms with Crippen LogP contribution in [0.25, 0.3) is 0 Å². The van der Waals surface area contributed by atoms with Crippen molar-refractivity contribution < 1.29 is 9.59 Å². The van der Waals surface area contributed by atoms with Gasteiger partial charge >= 0.3 is 0 Å². The third-order valence-electron chi connectivity index (χ3n) is 5.30. The summed E-state index contributed by atoms with van der Waals surface area (Å²) in [6.07, 6.45) is 0.591. The molecule has 26 heavy (non-hydrogen) atoms. The number of nitrogens with zero attached hydrogens (tertiary/aromatic N) is 3. The molecule has 138 valence electrons. The molecule has 2 saturated heterocycles. The summed E-state index contributed by atoms with van der Waals surface area (Å²) in [7, 11) is 4.48. The molecule has 0 aromatic heterocycles. The summed E-state index contributed by atoms with van der Waals surface area (Å²) in [5.74, 6) is 0.167. The first-order valence-corrected chi connectivity index (χ1v) is 11.0. The second-order valence-corrected chi connectivity index (χ2v) is 10.1. The maximum atomic E-state index is 13.5. The van der Waals surface area contributed by atoms with Crippen molar-refractivity contribution >= 4 is 45.0 Å². The molecule has 1 unspecified atom stereocenters. The number of carbonyl (C=O) groups is 2. The molecule has 2 fully saturated rings. The van der Waals surface area contributed by atoms with Gasteiger partial charge in [0.15, 0.2) is 4.87 Å². The van der Waals surface area contributed by atoms with Crippen LogP contribution in [0.2, 0.25) is 5.02 Å². The van der Waals surface area contributed by atoms with Gasteiger partial charge in [0.05, 0.1) is 23.3 Å². The Bertz CT molecular complexity index is 782. The van der Waals surface area contributed by atoms with Gasteiger partial charge < -0.3 is 9.80 Å². The van der Waals surface area contributed by atoms with E-state index >= 15 is 0 Å². The molecule has 3 rings (SSSR count). The molecule has 1 aromatic carbocycles. The number of halogens is 1. The molecule has 8 heteroatoms. The Kier molecular flexibility index (Phi) is 5.22. The zero-order chi connectivity index (χ0) is 19.1. The highest BCUT2D eigenvalue weighted by Gasteiger charge is 2.54. The molecular weight excluding hydrogens is 390 g/mol. The lowest BCUT2D eigenvalue weighted by Crippen LogP contribution is -2.58. The molecule has 0 spiro atoms. The fourth-order valence-electron chi connectivity index (χ4n) is 3.52. The number of nitriles is 1. The molecule has 1 aromatic rings. The SMILES string of the molecule is CN1C(=O)CSSC1(C)C(=O)N1CC[C@](C)(C#N)[C@@H]1c1ccc(Cl)cc1. The number of rotatable bonds is 2. The minimum absolute atomic E-state index is 0.0603. The standard InChI is InChI=1S/C18H20ClN3O2S2/c1-17(11-20)8-9-22(15(17)12-4-6-13(19)7-5-12)16(24)18(2)21(3)14(23)10-25-26-18/h4-7,15H,8-10H2,1-3H3/t15-,17+,18?/m0/s1. The average Bonchev–Trinajstić information content (AvgIpc) is 2.98. The van der Waals surface area contributed by atoms with Gasteiger partial charge in [0.1, 0.15) is 0 Å². The number of amides is 2. The first-order chi connectivity index (χ1) is 12.2. The fraction of sp³-hybridized carbons (Fsp3) is 0.500. The number of likely N-dealkylation sites (tertiary alicyclic amines) is 1. The van der Waals surface area contributed by atoms with Gasteiger partial charge in [-0.1, -0.05) is 45.3 Å². The Morgan fingerprint density at radius 1 is 1.35 bits per heavy atom. The summed E-state index contributed by atoms with van der Waals surface area (Å²) in [5.41, 5.74) is 0.199. The zero-order valence-corrected chi connectivity index (χ0v) is 17.2. The van der Waals surface area contributed by atoms with Crippen molar-refractivity contribution in [2.45, 2.75) is 31.2 Å². The van der Waals surface area contributed by atoms with Crippen molar-refractivity contribution in [1.29, 1.82) is 5.26 Å². The molecule has 2 amide bonds. The Balaban J connectivity index is 2.00. The number of likely N-dealkylation sites (N-methyl/N-ethyl adjacent to an activating group) is 1. The number of hydrogen-bond donors (Lipinski definition) is 0. The normalized spacial score (nSPS) is 31.8. The maximum absolute atomic E-state index is 13.5. The highest BCUT2D eigenvalue weighted by Crippen LogP contribution is 2.50. The van der Waals surface area contributed by atoms with Crippen LogP contribution in [0, 0.1) is 16.7 Å². The van der Waals surface area contributed by atoms with Crippen molar-refractivity contribution in [1.82, 2.24) is 9.80 Å². The van der Waals surface area contributed by atoms with E-state index in [9.17, 15) is 14.9 Å². The van der Waals surface area contributed by atoms with Crippen LogP contribution >= 0.6 is 33.2 Å². The van der Waals surface area contributed by atoms with Crippen LogP contribution in [0.5, 0.6) is 0 Å². The van der Waals surface area contributed by atoms with E-state index in [1.165, 1.54) is 26.5 Å². The second-order valence-electron chi connectivity index (χ2n) is 7.01. The minimum Gasteiger partial charge on any atom is -0.331 e. The van der Waals surface area contributed by atoms with E-state index in [0.717, 1.165) is 5.56 Å². The summed E-state index contributed by atoms with van der Waals surface area (Å²) in [6.45, 7) is 4.16. The average molecular weight is 410 g/mol. The molecule has 5 nitrogen and oxygen atoms in total. The molecule has 0 radical (unpaired) electrons. The van der Waals surface area contributed by atoms with Gasteiger partial charge in [-0.3, -0.25) is 9.59 Å². The van der Waals surface area contributed by atoms with Crippen LogP contribution in [0.1, 0.15) is 31.9 Å². The summed E-state index contributed by atoms with van der Waals surface area (Å²) in [5, 5.41) is 10.4. The Labute approximate surface area is 166 Å². The van der Waals surface area contributed by atoms with Gasteiger partial charge in [0, 0.05) is 18.6 Å². The summed E-state index contributed by atoms with van der Waals surface area (Å²) >= 11 is 6.01. The topological polar surface area (TPSA) is 64.4 Å². The van der Waals surface area contributed by atoms with Crippen molar-refractivity contribution in [3.05, 3.63) is 34.9 Å². The van der Waals surface area contributed by atoms with Crippen molar-refractivity contribution in [3.63, 3.8) is 0 Å². The van der Waals surface area contributed by atoms with Crippen LogP contribution < -0.4 is 0 Å². The highest BCUT2D eigenvalue weighted by atomic mass is 35.5. The summed E-state index contributed by atoms with van der Waals surface area (Å²) in [6, 6.07) is 9.32. The van der Waals surface area contributed by atoms with Gasteiger partial charge in [-0.2, -0.15) is 5.26 Å². The Hall–Kier alpha value is -1.36. The zero-order valence-electron chi connectivity index (χ0n) is 14.9. The third kappa shape index (κ3) is 3.08. The molecule has 0 aliphatic carbocycles. The largest absolute Gasteiger partial charge is 0.331 e. The van der Waals surface area contributed by atoms with Gasteiger partial charge in [-0.15, -0.1) is 0 Å². The molecule has 0 saturated carbocycles. The fourth-order valence-corrected chi connectivity index (χ4v) is 6.35. The Morgan fingerprint density at radius 3 is 2.62 bits per heavy atom. The molecular formula is C18H20ClN3O2S2. The first kappa shape index (κ1) is 19.4. The predicted molar refractivity (Wildman–Crippen MR) is 105 cm³/mol. The number of hydrogen-bond acceptors (Lipinski definition) is 5. The minimum atomic E-state index is -0.981. The van der Waals surface area contributed by atoms with Gasteiger partial charge in [0.2, 0.25) is 5.91 Å². The van der Waals surface area contributed by atoms with Gasteiger partial charge in [-0.05, 0) is 38.0 Å². The van der Waals surface area contributed by atoms with E-state index < -0.39 is 10.3 Å². The summed E-state index contributed by atoms with van der Waals surface area (Å²) < 4.78 is 0. The van der Waals surface area contributed by atoms with E-state index in [1.807, 2.05) is 19.1 Å². The second kappa shape index (κ2) is 6.99. The third-order valence-corrected chi connectivity index (χ3v) is 8.49. The van der Waals surface area contributed by atoms with Gasteiger partial charge in [-0.25, -0.2) is 0 Å². The maximum Gasteiger partial charge on any atom is 0.260 e. The monoisotopic (exact) mass is 409 g/mol. The molecule has 2 aliphatic rings. The quantitative estimate of drug-likeness (QED) is 0.696.